The second kappa shape index (κ2) is 5.44. The smallest absolute Gasteiger partial charge is 0.205 e. The van der Waals surface area contributed by atoms with Crippen molar-refractivity contribution < 1.29 is 0 Å². The van der Waals surface area contributed by atoms with Gasteiger partial charge >= 0.3 is 0 Å². The van der Waals surface area contributed by atoms with Crippen molar-refractivity contribution >= 4 is 28.2 Å². The molecule has 0 saturated carbocycles. The summed E-state index contributed by atoms with van der Waals surface area (Å²) in [5.74, 6) is 1.12. The average molecular weight is 217 g/mol. The van der Waals surface area contributed by atoms with Gasteiger partial charge < -0.3 is 5.32 Å². The minimum Gasteiger partial charge on any atom is -0.357 e. The first-order valence-corrected chi connectivity index (χ1v) is 6.53. The van der Waals surface area contributed by atoms with Crippen molar-refractivity contribution in [2.75, 3.05) is 17.3 Å². The summed E-state index contributed by atoms with van der Waals surface area (Å²) in [4.78, 5) is 0. The van der Waals surface area contributed by atoms with Crippen molar-refractivity contribution in [3.8, 4) is 0 Å². The maximum absolute atomic E-state index is 4.03. The topological polar surface area (TPSA) is 37.8 Å². The van der Waals surface area contributed by atoms with Crippen molar-refractivity contribution in [2.45, 2.75) is 26.3 Å². The molecule has 1 aromatic heterocycles. The molecule has 1 N–H and O–H groups in total. The van der Waals surface area contributed by atoms with Crippen molar-refractivity contribution in [3.63, 3.8) is 0 Å². The van der Waals surface area contributed by atoms with E-state index >= 15 is 0 Å². The Bertz CT molecular complexity index is 249. The van der Waals surface area contributed by atoms with Crippen molar-refractivity contribution in [1.82, 2.24) is 10.2 Å². The molecule has 0 aliphatic heterocycles. The molecule has 1 atom stereocenters. The Hall–Kier alpha value is -0.290. The second-order valence-electron chi connectivity index (χ2n) is 2.83. The first kappa shape index (κ1) is 10.8. The fourth-order valence-corrected chi connectivity index (χ4v) is 2.38. The summed E-state index contributed by atoms with van der Waals surface area (Å²) < 4.78 is 0. The highest BCUT2D eigenvalue weighted by Crippen LogP contribution is 2.16. The molecule has 1 rings (SSSR count). The van der Waals surface area contributed by atoms with Crippen LogP contribution in [0.25, 0.3) is 0 Å². The molecule has 0 bridgehead atoms. The van der Waals surface area contributed by atoms with Crippen LogP contribution in [0.4, 0.5) is 5.13 Å². The third-order valence-corrected chi connectivity index (χ3v) is 3.22. The molecule has 1 heterocycles. The van der Waals surface area contributed by atoms with Crippen LogP contribution in [0.2, 0.25) is 0 Å². The summed E-state index contributed by atoms with van der Waals surface area (Å²) in [6, 6.07) is 0.516. The summed E-state index contributed by atoms with van der Waals surface area (Å²) in [6.07, 6.45) is 3.25. The molecule has 0 aliphatic rings. The quantitative estimate of drug-likeness (QED) is 0.822. The molecule has 5 heteroatoms. The van der Waals surface area contributed by atoms with Crippen molar-refractivity contribution in [1.29, 1.82) is 0 Å². The first-order chi connectivity index (χ1) is 6.26. The van der Waals surface area contributed by atoms with E-state index in [1.807, 2.05) is 18.7 Å². The van der Waals surface area contributed by atoms with Crippen LogP contribution < -0.4 is 5.32 Å². The van der Waals surface area contributed by atoms with Gasteiger partial charge in [-0.3, -0.25) is 0 Å². The largest absolute Gasteiger partial charge is 0.357 e. The Morgan fingerprint density at radius 1 is 1.54 bits per heavy atom. The standard InChI is InChI=1S/C8H15N3S2/c1-4-7(5-12-3)9-8-11-10-6(2)13-8/h7H,4-5H2,1-3H3,(H,9,11). The molecule has 13 heavy (non-hydrogen) atoms. The van der Waals surface area contributed by atoms with E-state index in [9.17, 15) is 0 Å². The maximum Gasteiger partial charge on any atom is 0.205 e. The van der Waals surface area contributed by atoms with Gasteiger partial charge in [0.05, 0.1) is 0 Å². The fraction of sp³-hybridized carbons (Fsp3) is 0.750. The van der Waals surface area contributed by atoms with E-state index in [1.54, 1.807) is 11.3 Å². The molecule has 0 fully saturated rings. The van der Waals surface area contributed by atoms with Crippen LogP contribution >= 0.6 is 23.1 Å². The second-order valence-corrected chi connectivity index (χ2v) is 4.92. The monoisotopic (exact) mass is 217 g/mol. The minimum atomic E-state index is 0.516. The van der Waals surface area contributed by atoms with Gasteiger partial charge in [0.2, 0.25) is 5.13 Å². The minimum absolute atomic E-state index is 0.516. The predicted molar refractivity (Wildman–Crippen MR) is 60.7 cm³/mol. The molecular formula is C8H15N3S2. The van der Waals surface area contributed by atoms with Gasteiger partial charge in [0.1, 0.15) is 5.01 Å². The molecule has 3 nitrogen and oxygen atoms in total. The number of nitrogens with zero attached hydrogens (tertiary/aromatic N) is 2. The number of aromatic nitrogens is 2. The fourth-order valence-electron chi connectivity index (χ4n) is 0.992. The van der Waals surface area contributed by atoms with E-state index in [0.717, 1.165) is 22.3 Å². The highest BCUT2D eigenvalue weighted by molar-refractivity contribution is 7.98. The third kappa shape index (κ3) is 3.52. The Morgan fingerprint density at radius 2 is 2.31 bits per heavy atom. The average Bonchev–Trinajstić information content (AvgIpc) is 2.50. The van der Waals surface area contributed by atoms with Gasteiger partial charge in [-0.25, -0.2) is 0 Å². The van der Waals surface area contributed by atoms with Crippen LogP contribution in [0.1, 0.15) is 18.4 Å². The van der Waals surface area contributed by atoms with Crippen molar-refractivity contribution in [2.24, 2.45) is 0 Å². The number of hydrogen-bond acceptors (Lipinski definition) is 5. The number of anilines is 1. The molecule has 0 saturated heterocycles. The van der Waals surface area contributed by atoms with Gasteiger partial charge in [-0.05, 0) is 19.6 Å². The Morgan fingerprint density at radius 3 is 2.77 bits per heavy atom. The molecule has 1 unspecified atom stereocenters. The summed E-state index contributed by atoms with van der Waals surface area (Å²) in [6.45, 7) is 4.15. The zero-order chi connectivity index (χ0) is 9.68. The highest BCUT2D eigenvalue weighted by Gasteiger charge is 2.07. The molecule has 0 amide bonds. The van der Waals surface area contributed by atoms with Gasteiger partial charge in [0.25, 0.3) is 0 Å². The van der Waals surface area contributed by atoms with Crippen LogP contribution in [-0.2, 0) is 0 Å². The summed E-state index contributed by atoms with van der Waals surface area (Å²) >= 11 is 3.47. The molecule has 0 aromatic carbocycles. The highest BCUT2D eigenvalue weighted by atomic mass is 32.2. The SMILES string of the molecule is CCC(CSC)Nc1nnc(C)s1. The van der Waals surface area contributed by atoms with Crippen LogP contribution in [0, 0.1) is 6.92 Å². The normalized spacial score (nSPS) is 12.8. The Balaban J connectivity index is 2.46. The maximum atomic E-state index is 4.03. The first-order valence-electron chi connectivity index (χ1n) is 4.31. The van der Waals surface area contributed by atoms with Crippen LogP contribution in [0.3, 0.4) is 0 Å². The molecule has 74 valence electrons. The van der Waals surface area contributed by atoms with Gasteiger partial charge in [0.15, 0.2) is 0 Å². The third-order valence-electron chi connectivity index (χ3n) is 1.71. The van der Waals surface area contributed by atoms with Crippen LogP contribution in [-0.4, -0.2) is 28.2 Å². The summed E-state index contributed by atoms with van der Waals surface area (Å²) in [5.41, 5.74) is 0. The Kier molecular flexibility index (Phi) is 4.52. The van der Waals surface area contributed by atoms with E-state index in [1.165, 1.54) is 0 Å². The van der Waals surface area contributed by atoms with Gasteiger partial charge in [-0.15, -0.1) is 10.2 Å². The zero-order valence-corrected chi connectivity index (χ0v) is 9.84. The zero-order valence-electron chi connectivity index (χ0n) is 8.20. The molecule has 0 spiro atoms. The van der Waals surface area contributed by atoms with Gasteiger partial charge in [-0.2, -0.15) is 11.8 Å². The summed E-state index contributed by atoms with van der Waals surface area (Å²) in [5, 5.41) is 13.3. The number of nitrogens with one attached hydrogen (secondary N) is 1. The van der Waals surface area contributed by atoms with Crippen LogP contribution in [0.15, 0.2) is 0 Å². The number of rotatable bonds is 5. The lowest BCUT2D eigenvalue weighted by molar-refractivity contribution is 0.770. The van der Waals surface area contributed by atoms with E-state index in [0.29, 0.717) is 6.04 Å². The lowest BCUT2D eigenvalue weighted by atomic mass is 10.3. The van der Waals surface area contributed by atoms with Gasteiger partial charge in [-0.1, -0.05) is 18.3 Å². The number of hydrogen-bond donors (Lipinski definition) is 1. The van der Waals surface area contributed by atoms with Crippen LogP contribution in [0.5, 0.6) is 0 Å². The lowest BCUT2D eigenvalue weighted by Crippen LogP contribution is -2.20. The van der Waals surface area contributed by atoms with E-state index in [2.05, 4.69) is 28.7 Å². The molecule has 0 radical (unpaired) electrons. The summed E-state index contributed by atoms with van der Waals surface area (Å²) in [7, 11) is 0. The molecule has 0 aliphatic carbocycles. The lowest BCUT2D eigenvalue weighted by Gasteiger charge is -2.13. The van der Waals surface area contributed by atoms with E-state index in [-0.39, 0.29) is 0 Å². The molecular weight excluding hydrogens is 202 g/mol. The van der Waals surface area contributed by atoms with E-state index in [4.69, 9.17) is 0 Å². The van der Waals surface area contributed by atoms with E-state index < -0.39 is 0 Å². The predicted octanol–water partition coefficient (Wildman–Crippen LogP) is 2.40. The Labute approximate surface area is 87.3 Å². The molecule has 1 aromatic rings. The van der Waals surface area contributed by atoms with Gasteiger partial charge in [0, 0.05) is 11.8 Å². The number of aryl methyl sites for hydroxylation is 1. The van der Waals surface area contributed by atoms with Crippen molar-refractivity contribution in [3.05, 3.63) is 5.01 Å². The number of thioether (sulfide) groups is 1.